The minimum absolute atomic E-state index is 0.148. The number of carboxylic acids is 1. The highest BCUT2D eigenvalue weighted by Gasteiger charge is 2.36. The summed E-state index contributed by atoms with van der Waals surface area (Å²) in [5, 5.41) is 11.9. The number of halogens is 1. The largest absolute Gasteiger partial charge is 0.481 e. The number of nitrogens with zero attached hydrogens (tertiary/aromatic N) is 1. The van der Waals surface area contributed by atoms with Crippen molar-refractivity contribution < 1.29 is 14.7 Å². The van der Waals surface area contributed by atoms with Crippen molar-refractivity contribution >= 4 is 33.6 Å². The summed E-state index contributed by atoms with van der Waals surface area (Å²) in [6.45, 7) is 4.08. The highest BCUT2D eigenvalue weighted by molar-refractivity contribution is 9.11. The van der Waals surface area contributed by atoms with Crippen molar-refractivity contribution in [2.45, 2.75) is 5.92 Å². The maximum Gasteiger partial charge on any atom is 0.322 e. The minimum Gasteiger partial charge on any atom is -0.481 e. The molecule has 0 radical (unpaired) electrons. The number of rotatable bonds is 3. The number of carbonyl (C=O) groups is 2. The summed E-state index contributed by atoms with van der Waals surface area (Å²) >= 11 is 3.16. The van der Waals surface area contributed by atoms with Crippen LogP contribution in [0.2, 0.25) is 0 Å². The molecule has 1 atom stereocenters. The van der Waals surface area contributed by atoms with Crippen LogP contribution in [0, 0.1) is 0 Å². The Labute approximate surface area is 119 Å². The van der Waals surface area contributed by atoms with E-state index >= 15 is 0 Å². The fourth-order valence-corrected chi connectivity index (χ4v) is 2.22. The van der Waals surface area contributed by atoms with Gasteiger partial charge in [0.15, 0.2) is 0 Å². The van der Waals surface area contributed by atoms with Gasteiger partial charge in [-0.15, -0.1) is 0 Å². The Balaban J connectivity index is 2.22. The van der Waals surface area contributed by atoms with E-state index < -0.39 is 11.9 Å². The van der Waals surface area contributed by atoms with Gasteiger partial charge in [-0.3, -0.25) is 9.69 Å². The molecule has 19 heavy (non-hydrogen) atoms. The standard InChI is InChI=1S/C13H13BrN2O3/c1-8(14)6-15-13(19)16-7-10(12(17)18)9-4-2-3-5-11(9)16/h2-5,10H,1,6-7H2,(H,15,19)(H,17,18). The number of carbonyl (C=O) groups excluding carboxylic acids is 1. The molecule has 0 saturated heterocycles. The molecule has 6 heteroatoms. The van der Waals surface area contributed by atoms with Crippen LogP contribution >= 0.6 is 15.9 Å². The van der Waals surface area contributed by atoms with Gasteiger partial charge in [0.05, 0.1) is 6.54 Å². The molecule has 0 spiro atoms. The van der Waals surface area contributed by atoms with Gasteiger partial charge in [0.2, 0.25) is 0 Å². The maximum atomic E-state index is 12.0. The summed E-state index contributed by atoms with van der Waals surface area (Å²) in [6.07, 6.45) is 0. The molecule has 0 aliphatic carbocycles. The van der Waals surface area contributed by atoms with E-state index in [0.29, 0.717) is 22.3 Å². The van der Waals surface area contributed by atoms with Crippen molar-refractivity contribution in [3.05, 3.63) is 40.9 Å². The maximum absolute atomic E-state index is 12.0. The summed E-state index contributed by atoms with van der Waals surface area (Å²) in [4.78, 5) is 24.7. The number of urea groups is 1. The molecule has 5 nitrogen and oxygen atoms in total. The predicted molar refractivity (Wildman–Crippen MR) is 75.6 cm³/mol. The van der Waals surface area contributed by atoms with Crippen molar-refractivity contribution in [3.63, 3.8) is 0 Å². The van der Waals surface area contributed by atoms with Crippen LogP contribution in [0.15, 0.2) is 35.3 Å². The normalized spacial score (nSPS) is 16.9. The molecule has 0 fully saturated rings. The monoisotopic (exact) mass is 324 g/mol. The van der Waals surface area contributed by atoms with Crippen LogP contribution in [0.25, 0.3) is 0 Å². The molecule has 0 bridgehead atoms. The average molecular weight is 325 g/mol. The van der Waals surface area contributed by atoms with Crippen LogP contribution in [-0.4, -0.2) is 30.2 Å². The van der Waals surface area contributed by atoms with Crippen molar-refractivity contribution in [2.75, 3.05) is 18.0 Å². The first kappa shape index (κ1) is 13.6. The van der Waals surface area contributed by atoms with Gasteiger partial charge >= 0.3 is 12.0 Å². The molecule has 100 valence electrons. The molecule has 1 aliphatic heterocycles. The molecule has 1 heterocycles. The van der Waals surface area contributed by atoms with E-state index in [1.807, 2.05) is 0 Å². The quantitative estimate of drug-likeness (QED) is 0.896. The van der Waals surface area contributed by atoms with Crippen molar-refractivity contribution in [1.29, 1.82) is 0 Å². The zero-order valence-corrected chi connectivity index (χ0v) is 11.7. The molecule has 0 aromatic heterocycles. The lowest BCUT2D eigenvalue weighted by molar-refractivity contribution is -0.138. The Hall–Kier alpha value is -1.82. The third-order valence-corrected chi connectivity index (χ3v) is 3.22. The van der Waals surface area contributed by atoms with Crippen LogP contribution in [0.4, 0.5) is 10.5 Å². The lowest BCUT2D eigenvalue weighted by atomic mass is 10.0. The lowest BCUT2D eigenvalue weighted by Crippen LogP contribution is -2.40. The molecular formula is C13H13BrN2O3. The Bertz CT molecular complexity index is 544. The average Bonchev–Trinajstić information content (AvgIpc) is 2.75. The topological polar surface area (TPSA) is 69.6 Å². The Morgan fingerprint density at radius 3 is 2.79 bits per heavy atom. The number of benzene rings is 1. The van der Waals surface area contributed by atoms with E-state index in [-0.39, 0.29) is 12.6 Å². The van der Waals surface area contributed by atoms with Gasteiger partial charge in [0, 0.05) is 16.7 Å². The first-order valence-corrected chi connectivity index (χ1v) is 6.50. The Kier molecular flexibility index (Phi) is 3.90. The van der Waals surface area contributed by atoms with Crippen LogP contribution in [0.1, 0.15) is 11.5 Å². The minimum atomic E-state index is -0.923. The number of aliphatic carboxylic acids is 1. The molecule has 1 aromatic rings. The third kappa shape index (κ3) is 2.78. The Morgan fingerprint density at radius 1 is 1.47 bits per heavy atom. The van der Waals surface area contributed by atoms with Gasteiger partial charge in [0.1, 0.15) is 5.92 Å². The van der Waals surface area contributed by atoms with E-state index in [1.54, 1.807) is 24.3 Å². The number of hydrogen-bond acceptors (Lipinski definition) is 2. The molecule has 2 rings (SSSR count). The number of para-hydroxylation sites is 1. The first-order valence-electron chi connectivity index (χ1n) is 5.71. The molecule has 0 saturated carbocycles. The van der Waals surface area contributed by atoms with Gasteiger partial charge in [-0.05, 0) is 11.6 Å². The van der Waals surface area contributed by atoms with E-state index in [4.69, 9.17) is 0 Å². The highest BCUT2D eigenvalue weighted by Crippen LogP contribution is 2.36. The number of hydrogen-bond donors (Lipinski definition) is 2. The van der Waals surface area contributed by atoms with E-state index in [1.165, 1.54) is 4.90 Å². The van der Waals surface area contributed by atoms with Crippen molar-refractivity contribution in [3.8, 4) is 0 Å². The molecular weight excluding hydrogens is 312 g/mol. The first-order chi connectivity index (χ1) is 9.00. The third-order valence-electron chi connectivity index (χ3n) is 2.94. The zero-order valence-electron chi connectivity index (χ0n) is 10.1. The summed E-state index contributed by atoms with van der Waals surface area (Å²) in [7, 11) is 0. The molecule has 2 N–H and O–H groups in total. The fraction of sp³-hybridized carbons (Fsp3) is 0.231. The highest BCUT2D eigenvalue weighted by atomic mass is 79.9. The number of fused-ring (bicyclic) bond motifs is 1. The Morgan fingerprint density at radius 2 is 2.16 bits per heavy atom. The van der Waals surface area contributed by atoms with Crippen LogP contribution < -0.4 is 10.2 Å². The van der Waals surface area contributed by atoms with Gasteiger partial charge in [-0.25, -0.2) is 4.79 Å². The number of carboxylic acid groups (broad SMARTS) is 1. The van der Waals surface area contributed by atoms with Crippen LogP contribution in [-0.2, 0) is 4.79 Å². The number of amides is 2. The number of nitrogens with one attached hydrogen (secondary N) is 1. The predicted octanol–water partition coefficient (Wildman–Crippen LogP) is 2.29. The summed E-state index contributed by atoms with van der Waals surface area (Å²) in [5.41, 5.74) is 1.32. The second-order valence-corrected chi connectivity index (χ2v) is 5.36. The second kappa shape index (κ2) is 5.44. The molecule has 1 aliphatic rings. The van der Waals surface area contributed by atoms with Crippen molar-refractivity contribution in [1.82, 2.24) is 5.32 Å². The van der Waals surface area contributed by atoms with Crippen LogP contribution in [0.3, 0.4) is 0 Å². The molecule has 2 amide bonds. The summed E-state index contributed by atoms with van der Waals surface area (Å²) < 4.78 is 0.656. The lowest BCUT2D eigenvalue weighted by Gasteiger charge is -2.18. The zero-order chi connectivity index (χ0) is 14.0. The van der Waals surface area contributed by atoms with E-state index in [9.17, 15) is 14.7 Å². The number of anilines is 1. The van der Waals surface area contributed by atoms with Crippen molar-refractivity contribution in [2.24, 2.45) is 0 Å². The molecule has 1 aromatic carbocycles. The van der Waals surface area contributed by atoms with Gasteiger partial charge in [-0.2, -0.15) is 0 Å². The summed E-state index contributed by atoms with van der Waals surface area (Å²) in [6, 6.07) is 6.73. The van der Waals surface area contributed by atoms with Gasteiger partial charge in [-0.1, -0.05) is 40.7 Å². The van der Waals surface area contributed by atoms with E-state index in [0.717, 1.165) is 0 Å². The second-order valence-electron chi connectivity index (χ2n) is 4.24. The van der Waals surface area contributed by atoms with Crippen LogP contribution in [0.5, 0.6) is 0 Å². The smallest absolute Gasteiger partial charge is 0.322 e. The SMILES string of the molecule is C=C(Br)CNC(=O)N1CC(C(=O)O)c2ccccc21. The van der Waals surface area contributed by atoms with Gasteiger partial charge < -0.3 is 10.4 Å². The van der Waals surface area contributed by atoms with Gasteiger partial charge in [0.25, 0.3) is 0 Å². The molecule has 1 unspecified atom stereocenters. The van der Waals surface area contributed by atoms with E-state index in [2.05, 4.69) is 27.8 Å². The summed E-state index contributed by atoms with van der Waals surface area (Å²) in [5.74, 6) is -1.60. The fourth-order valence-electron chi connectivity index (χ4n) is 2.08.